The molecule has 2 rings (SSSR count). The highest BCUT2D eigenvalue weighted by Gasteiger charge is 2.75. The third-order valence-corrected chi connectivity index (χ3v) is 3.93. The monoisotopic (exact) mass is 403 g/mol. The van der Waals surface area contributed by atoms with Gasteiger partial charge in [-0.2, -0.15) is 30.7 Å². The third kappa shape index (κ3) is 3.57. The molecular formula is C13H8F7N3O2S. The van der Waals surface area contributed by atoms with Crippen molar-refractivity contribution in [1.29, 1.82) is 0 Å². The summed E-state index contributed by atoms with van der Waals surface area (Å²) in [6.07, 6.45) is -6.49. The number of aromatic nitrogens is 2. The van der Waals surface area contributed by atoms with Crippen molar-refractivity contribution in [3.8, 4) is 5.75 Å². The van der Waals surface area contributed by atoms with Crippen LogP contribution in [0, 0.1) is 0 Å². The smallest absolute Gasteiger partial charge is 0.460 e. The predicted octanol–water partition coefficient (Wildman–Crippen LogP) is 4.09. The van der Waals surface area contributed by atoms with Crippen molar-refractivity contribution in [3.63, 3.8) is 0 Å². The SMILES string of the molecule is COc1ccc(C(=O)Nc2nnc(C(F)(F)C(F)(F)C(F)(F)F)s2)cc1. The second-order valence-electron chi connectivity index (χ2n) is 4.74. The van der Waals surface area contributed by atoms with Crippen molar-refractivity contribution in [2.24, 2.45) is 0 Å². The van der Waals surface area contributed by atoms with Gasteiger partial charge >= 0.3 is 18.0 Å². The number of alkyl halides is 7. The van der Waals surface area contributed by atoms with Crippen LogP contribution < -0.4 is 10.1 Å². The van der Waals surface area contributed by atoms with Gasteiger partial charge in [0, 0.05) is 5.56 Å². The normalized spacial score (nSPS) is 12.8. The topological polar surface area (TPSA) is 64.1 Å². The number of benzene rings is 1. The van der Waals surface area contributed by atoms with Gasteiger partial charge in [0.25, 0.3) is 5.91 Å². The van der Waals surface area contributed by atoms with Gasteiger partial charge in [0.15, 0.2) is 5.01 Å². The van der Waals surface area contributed by atoms with Gasteiger partial charge in [-0.25, -0.2) is 0 Å². The van der Waals surface area contributed by atoms with E-state index < -0.39 is 34.1 Å². The largest absolute Gasteiger partial charge is 0.497 e. The molecule has 0 bridgehead atoms. The van der Waals surface area contributed by atoms with Crippen LogP contribution in [0.15, 0.2) is 24.3 Å². The molecule has 1 aromatic carbocycles. The molecule has 1 N–H and O–H groups in total. The van der Waals surface area contributed by atoms with Gasteiger partial charge in [-0.1, -0.05) is 11.3 Å². The van der Waals surface area contributed by atoms with E-state index in [-0.39, 0.29) is 16.9 Å². The number of nitrogens with one attached hydrogen (secondary N) is 1. The zero-order valence-corrected chi connectivity index (χ0v) is 13.4. The van der Waals surface area contributed by atoms with Crippen molar-refractivity contribution < 1.29 is 40.3 Å². The fourth-order valence-electron chi connectivity index (χ4n) is 1.62. The van der Waals surface area contributed by atoms with Gasteiger partial charge in [-0.05, 0) is 24.3 Å². The highest BCUT2D eigenvalue weighted by atomic mass is 32.1. The van der Waals surface area contributed by atoms with Gasteiger partial charge in [0.2, 0.25) is 5.13 Å². The first kappa shape index (κ1) is 19.9. The molecule has 13 heteroatoms. The van der Waals surface area contributed by atoms with Gasteiger partial charge in [0.1, 0.15) is 5.75 Å². The van der Waals surface area contributed by atoms with Crippen LogP contribution in [0.2, 0.25) is 0 Å². The molecule has 142 valence electrons. The van der Waals surface area contributed by atoms with E-state index in [2.05, 4.69) is 10.2 Å². The molecule has 2 aromatic rings. The Balaban J connectivity index is 2.20. The Bertz CT molecular complexity index is 790. The van der Waals surface area contributed by atoms with Gasteiger partial charge < -0.3 is 4.74 Å². The summed E-state index contributed by atoms with van der Waals surface area (Å²) in [5.74, 6) is -12.4. The summed E-state index contributed by atoms with van der Waals surface area (Å²) in [5, 5.41) is 5.09. The zero-order chi connectivity index (χ0) is 19.8. The van der Waals surface area contributed by atoms with E-state index in [0.717, 1.165) is 0 Å². The minimum atomic E-state index is -6.49. The number of nitrogens with zero attached hydrogens (tertiary/aromatic N) is 2. The van der Waals surface area contributed by atoms with E-state index in [9.17, 15) is 35.5 Å². The number of carbonyl (C=O) groups excluding carboxylic acids is 1. The molecule has 0 saturated carbocycles. The Morgan fingerprint density at radius 1 is 1.04 bits per heavy atom. The van der Waals surface area contributed by atoms with Crippen molar-refractivity contribution in [3.05, 3.63) is 34.8 Å². The maximum Gasteiger partial charge on any atom is 0.460 e. The molecule has 1 amide bonds. The van der Waals surface area contributed by atoms with E-state index in [4.69, 9.17) is 4.74 Å². The van der Waals surface area contributed by atoms with Crippen LogP contribution in [0.3, 0.4) is 0 Å². The van der Waals surface area contributed by atoms with Gasteiger partial charge in [-0.3, -0.25) is 10.1 Å². The zero-order valence-electron chi connectivity index (χ0n) is 12.6. The average Bonchev–Trinajstić information content (AvgIpc) is 3.03. The first-order chi connectivity index (χ1) is 11.9. The van der Waals surface area contributed by atoms with E-state index >= 15 is 0 Å². The Morgan fingerprint density at radius 3 is 2.12 bits per heavy atom. The summed E-state index contributed by atoms with van der Waals surface area (Å²) in [6.45, 7) is 0. The van der Waals surface area contributed by atoms with Crippen LogP contribution in [0.5, 0.6) is 5.75 Å². The Kier molecular flexibility index (Phi) is 5.12. The van der Waals surface area contributed by atoms with Crippen LogP contribution in [0.4, 0.5) is 35.9 Å². The molecule has 1 heterocycles. The maximum absolute atomic E-state index is 13.5. The second kappa shape index (κ2) is 6.70. The molecule has 1 aromatic heterocycles. The van der Waals surface area contributed by atoms with Gasteiger partial charge in [0.05, 0.1) is 7.11 Å². The molecule has 0 unspecified atom stereocenters. The van der Waals surface area contributed by atoms with Crippen molar-refractivity contribution in [2.75, 3.05) is 12.4 Å². The molecule has 0 radical (unpaired) electrons. The average molecular weight is 403 g/mol. The first-order valence-corrected chi connectivity index (χ1v) is 7.33. The molecule has 0 aliphatic carbocycles. The molecular weight excluding hydrogens is 395 g/mol. The van der Waals surface area contributed by atoms with E-state index in [1.165, 1.54) is 31.4 Å². The van der Waals surface area contributed by atoms with Crippen LogP contribution in [-0.4, -0.2) is 35.3 Å². The second-order valence-corrected chi connectivity index (χ2v) is 5.72. The predicted molar refractivity (Wildman–Crippen MR) is 75.8 cm³/mol. The Labute approximate surface area is 144 Å². The highest BCUT2D eigenvalue weighted by Crippen LogP contribution is 2.52. The lowest BCUT2D eigenvalue weighted by atomic mass is 10.2. The number of carbonyl (C=O) groups is 1. The lowest BCUT2D eigenvalue weighted by molar-refractivity contribution is -0.359. The quantitative estimate of drug-likeness (QED) is 0.764. The summed E-state index contributed by atoms with van der Waals surface area (Å²) < 4.78 is 94.3. The molecule has 0 fully saturated rings. The molecule has 0 aliphatic rings. The summed E-state index contributed by atoms with van der Waals surface area (Å²) in [6, 6.07) is 5.45. The first-order valence-electron chi connectivity index (χ1n) is 6.52. The Morgan fingerprint density at radius 2 is 1.62 bits per heavy atom. The third-order valence-electron chi connectivity index (χ3n) is 3.02. The van der Waals surface area contributed by atoms with E-state index in [1.807, 2.05) is 5.32 Å². The van der Waals surface area contributed by atoms with E-state index in [0.29, 0.717) is 5.75 Å². The molecule has 0 atom stereocenters. The minimum Gasteiger partial charge on any atom is -0.497 e. The molecule has 26 heavy (non-hydrogen) atoms. The fraction of sp³-hybridized carbons (Fsp3) is 0.308. The van der Waals surface area contributed by atoms with Crippen LogP contribution in [0.25, 0.3) is 0 Å². The minimum absolute atomic E-state index is 0.0370. The number of halogens is 7. The number of anilines is 1. The maximum atomic E-state index is 13.5. The number of hydrogen-bond acceptors (Lipinski definition) is 5. The van der Waals surface area contributed by atoms with Crippen LogP contribution >= 0.6 is 11.3 Å². The lowest BCUT2D eigenvalue weighted by Crippen LogP contribution is -2.50. The molecule has 0 saturated heterocycles. The van der Waals surface area contributed by atoms with Crippen LogP contribution in [-0.2, 0) is 5.92 Å². The standard InChI is InChI=1S/C13H8F7N3O2S/c1-25-7-4-2-6(3-5-7)8(24)21-10-23-22-9(26-10)11(14,15)12(16,17)13(18,19)20/h2-5H,1H3,(H,21,23,24). The van der Waals surface area contributed by atoms with Crippen molar-refractivity contribution >= 4 is 22.4 Å². The van der Waals surface area contributed by atoms with Gasteiger partial charge in [-0.15, -0.1) is 10.2 Å². The lowest BCUT2D eigenvalue weighted by Gasteiger charge is -2.25. The summed E-state index contributed by atoms with van der Waals surface area (Å²) in [5.41, 5.74) is 0.0370. The highest BCUT2D eigenvalue weighted by molar-refractivity contribution is 7.15. The van der Waals surface area contributed by atoms with E-state index in [1.54, 1.807) is 0 Å². The van der Waals surface area contributed by atoms with Crippen molar-refractivity contribution in [2.45, 2.75) is 18.0 Å². The fourth-order valence-corrected chi connectivity index (χ4v) is 2.37. The number of rotatable bonds is 5. The summed E-state index contributed by atoms with van der Waals surface area (Å²) >= 11 is -0.295. The Hall–Kier alpha value is -2.44. The molecule has 0 spiro atoms. The molecule has 0 aliphatic heterocycles. The van der Waals surface area contributed by atoms with Crippen molar-refractivity contribution in [1.82, 2.24) is 10.2 Å². The number of amides is 1. The number of methoxy groups -OCH3 is 1. The number of ether oxygens (including phenoxy) is 1. The number of hydrogen-bond donors (Lipinski definition) is 1. The van der Waals surface area contributed by atoms with Crippen LogP contribution in [0.1, 0.15) is 15.4 Å². The summed E-state index contributed by atoms with van der Waals surface area (Å²) in [7, 11) is 1.38. The summed E-state index contributed by atoms with van der Waals surface area (Å²) in [4.78, 5) is 11.9. The molecule has 5 nitrogen and oxygen atoms in total.